The average molecular weight is 511 g/mol. The first-order valence-corrected chi connectivity index (χ1v) is 11.5. The van der Waals surface area contributed by atoms with Crippen molar-refractivity contribution in [2.75, 3.05) is 12.4 Å². The number of alkyl halides is 4. The molecule has 2 saturated carbocycles. The normalized spacial score (nSPS) is 23.1. The van der Waals surface area contributed by atoms with E-state index in [1.165, 1.54) is 13.2 Å². The SMILES string of the molecule is COCc1cc2c(Nc3cc([C@@H]4CC[C@H](OC(=O)NC5(C)CC5)[C@H]4F)[nH]n3)nc(C(F)(F)F)cn2n1. The minimum atomic E-state index is -4.70. The highest BCUT2D eigenvalue weighted by Crippen LogP contribution is 2.40. The minimum Gasteiger partial charge on any atom is -0.443 e. The van der Waals surface area contributed by atoms with Crippen LogP contribution in [0.25, 0.3) is 5.52 Å². The molecule has 2 fully saturated rings. The monoisotopic (exact) mass is 511 g/mol. The van der Waals surface area contributed by atoms with Gasteiger partial charge in [0, 0.05) is 30.3 Å². The first-order chi connectivity index (χ1) is 17.0. The number of nitrogens with zero attached hydrogens (tertiary/aromatic N) is 4. The van der Waals surface area contributed by atoms with Crippen molar-refractivity contribution < 1.29 is 31.8 Å². The number of methoxy groups -OCH3 is 1. The first-order valence-electron chi connectivity index (χ1n) is 11.5. The molecular weight excluding hydrogens is 486 g/mol. The molecule has 3 N–H and O–H groups in total. The molecular formula is C22H25F4N7O3. The molecule has 2 aliphatic rings. The van der Waals surface area contributed by atoms with Gasteiger partial charge in [0.05, 0.1) is 18.5 Å². The Kier molecular flexibility index (Phi) is 6.01. The van der Waals surface area contributed by atoms with Crippen LogP contribution in [0.2, 0.25) is 0 Å². The fourth-order valence-corrected chi connectivity index (χ4v) is 4.30. The number of aromatic amines is 1. The zero-order valence-electron chi connectivity index (χ0n) is 19.5. The van der Waals surface area contributed by atoms with E-state index in [1.54, 1.807) is 6.07 Å². The molecule has 0 saturated heterocycles. The maximum absolute atomic E-state index is 15.1. The van der Waals surface area contributed by atoms with Crippen molar-refractivity contribution in [2.24, 2.45) is 0 Å². The van der Waals surface area contributed by atoms with Crippen molar-refractivity contribution in [3.63, 3.8) is 0 Å². The van der Waals surface area contributed by atoms with E-state index in [0.29, 0.717) is 24.2 Å². The van der Waals surface area contributed by atoms with Gasteiger partial charge in [-0.05, 0) is 38.7 Å². The van der Waals surface area contributed by atoms with Crippen LogP contribution in [0.1, 0.15) is 55.6 Å². The van der Waals surface area contributed by atoms with Gasteiger partial charge in [-0.25, -0.2) is 18.7 Å². The third-order valence-corrected chi connectivity index (χ3v) is 6.50. The third kappa shape index (κ3) is 4.94. The fourth-order valence-electron chi connectivity index (χ4n) is 4.30. The molecule has 0 spiro atoms. The summed E-state index contributed by atoms with van der Waals surface area (Å²) in [6.45, 7) is 2.00. The van der Waals surface area contributed by atoms with E-state index in [2.05, 4.69) is 30.9 Å². The number of anilines is 2. The summed E-state index contributed by atoms with van der Waals surface area (Å²) in [5.74, 6) is -0.572. The lowest BCUT2D eigenvalue weighted by molar-refractivity contribution is -0.141. The Labute approximate surface area is 202 Å². The maximum Gasteiger partial charge on any atom is 0.434 e. The predicted octanol–water partition coefficient (Wildman–Crippen LogP) is 4.22. The predicted molar refractivity (Wildman–Crippen MR) is 118 cm³/mol. The van der Waals surface area contributed by atoms with Crippen molar-refractivity contribution in [1.82, 2.24) is 30.1 Å². The van der Waals surface area contributed by atoms with E-state index in [0.717, 1.165) is 23.6 Å². The van der Waals surface area contributed by atoms with Gasteiger partial charge in [0.15, 0.2) is 17.3 Å². The highest BCUT2D eigenvalue weighted by Gasteiger charge is 2.43. The van der Waals surface area contributed by atoms with Gasteiger partial charge in [0.1, 0.15) is 17.8 Å². The van der Waals surface area contributed by atoms with Crippen LogP contribution in [0.5, 0.6) is 0 Å². The number of ether oxygens (including phenoxy) is 2. The van der Waals surface area contributed by atoms with Gasteiger partial charge in [0.2, 0.25) is 0 Å². The summed E-state index contributed by atoms with van der Waals surface area (Å²) < 4.78 is 66.7. The number of fused-ring (bicyclic) bond motifs is 1. The van der Waals surface area contributed by atoms with E-state index >= 15 is 4.39 Å². The van der Waals surface area contributed by atoms with Gasteiger partial charge < -0.3 is 20.1 Å². The van der Waals surface area contributed by atoms with Gasteiger partial charge in [0.25, 0.3) is 0 Å². The van der Waals surface area contributed by atoms with Crippen LogP contribution >= 0.6 is 0 Å². The molecule has 3 aromatic rings. The van der Waals surface area contributed by atoms with Crippen molar-refractivity contribution in [2.45, 2.75) is 69.1 Å². The van der Waals surface area contributed by atoms with Gasteiger partial charge in [-0.3, -0.25) is 5.10 Å². The number of carbonyl (C=O) groups excluding carboxylic acids is 1. The lowest BCUT2D eigenvalue weighted by Gasteiger charge is -2.19. The zero-order valence-corrected chi connectivity index (χ0v) is 19.5. The number of alkyl carbamates (subject to hydrolysis) is 1. The molecule has 3 heterocycles. The van der Waals surface area contributed by atoms with Gasteiger partial charge in [-0.15, -0.1) is 0 Å². The van der Waals surface area contributed by atoms with Crippen LogP contribution in [-0.2, 0) is 22.3 Å². The molecule has 0 aromatic carbocycles. The van der Waals surface area contributed by atoms with E-state index in [-0.39, 0.29) is 29.3 Å². The quantitative estimate of drug-likeness (QED) is 0.407. The summed E-state index contributed by atoms with van der Waals surface area (Å²) >= 11 is 0. The fraction of sp³-hybridized carbons (Fsp3) is 0.545. The Bertz CT molecular complexity index is 1270. The first kappa shape index (κ1) is 24.3. The Morgan fingerprint density at radius 3 is 2.78 bits per heavy atom. The van der Waals surface area contributed by atoms with Crippen LogP contribution in [0, 0.1) is 0 Å². The lowest BCUT2D eigenvalue weighted by atomic mass is 10.0. The minimum absolute atomic E-state index is 0.106. The topological polar surface area (TPSA) is 118 Å². The second kappa shape index (κ2) is 8.91. The molecule has 194 valence electrons. The Balaban J connectivity index is 1.32. The van der Waals surface area contributed by atoms with Crippen LogP contribution < -0.4 is 10.6 Å². The third-order valence-electron chi connectivity index (χ3n) is 6.50. The van der Waals surface area contributed by atoms with E-state index < -0.39 is 36.2 Å². The number of carbonyl (C=O) groups is 1. The summed E-state index contributed by atoms with van der Waals surface area (Å²) in [4.78, 5) is 15.8. The summed E-state index contributed by atoms with van der Waals surface area (Å²) in [5.41, 5.74) is -0.275. The average Bonchev–Trinajstić information content (AvgIpc) is 3.14. The van der Waals surface area contributed by atoms with Crippen molar-refractivity contribution in [3.05, 3.63) is 35.4 Å². The zero-order chi connectivity index (χ0) is 25.7. The molecule has 14 heteroatoms. The summed E-state index contributed by atoms with van der Waals surface area (Å²) in [6, 6.07) is 3.06. The van der Waals surface area contributed by atoms with Crippen LogP contribution in [0.15, 0.2) is 18.3 Å². The largest absolute Gasteiger partial charge is 0.443 e. The van der Waals surface area contributed by atoms with Crippen LogP contribution in [-0.4, -0.2) is 55.8 Å². The summed E-state index contributed by atoms with van der Waals surface area (Å²) in [6.07, 6.45) is -4.42. The molecule has 0 unspecified atom stereocenters. The molecule has 0 aliphatic heterocycles. The van der Waals surface area contributed by atoms with Crippen LogP contribution in [0.4, 0.5) is 34.0 Å². The van der Waals surface area contributed by atoms with Gasteiger partial charge in [-0.2, -0.15) is 23.4 Å². The number of H-pyrrole nitrogens is 1. The Hall–Kier alpha value is -3.42. The number of hydrogen-bond donors (Lipinski definition) is 3. The standard InChI is InChI=1S/C22H25F4N7O3/c1-21(5-6-21)29-20(34)36-15-4-3-12(18(15)23)13-8-17(31-30-13)28-19-14-7-11(10-35-2)32-33(14)9-16(27-19)22(24,25)26/h7-9,12,15,18H,3-6,10H2,1-2H3,(H,29,34)(H2,27,28,30,31)/t12-,15-,18-/m0/s1. The highest BCUT2D eigenvalue weighted by atomic mass is 19.4. The molecule has 2 aliphatic carbocycles. The smallest absolute Gasteiger partial charge is 0.434 e. The summed E-state index contributed by atoms with van der Waals surface area (Å²) in [5, 5.41) is 16.4. The number of halogens is 4. The molecule has 10 nitrogen and oxygen atoms in total. The molecule has 5 rings (SSSR count). The molecule has 0 bridgehead atoms. The number of nitrogens with one attached hydrogen (secondary N) is 3. The molecule has 3 aromatic heterocycles. The van der Waals surface area contributed by atoms with E-state index in [1.807, 2.05) is 6.92 Å². The van der Waals surface area contributed by atoms with E-state index in [9.17, 15) is 18.0 Å². The Morgan fingerprint density at radius 1 is 1.31 bits per heavy atom. The second-order valence-corrected chi connectivity index (χ2v) is 9.46. The van der Waals surface area contributed by atoms with Gasteiger partial charge >= 0.3 is 12.3 Å². The highest BCUT2D eigenvalue weighted by molar-refractivity contribution is 5.73. The number of amides is 1. The van der Waals surface area contributed by atoms with Crippen molar-refractivity contribution in [1.29, 1.82) is 0 Å². The molecule has 1 amide bonds. The van der Waals surface area contributed by atoms with Gasteiger partial charge in [-0.1, -0.05) is 0 Å². The molecule has 36 heavy (non-hydrogen) atoms. The number of hydrogen-bond acceptors (Lipinski definition) is 7. The number of rotatable bonds is 7. The lowest BCUT2D eigenvalue weighted by Crippen LogP contribution is -2.38. The molecule has 0 radical (unpaired) electrons. The molecule has 3 atom stereocenters. The van der Waals surface area contributed by atoms with Crippen LogP contribution in [0.3, 0.4) is 0 Å². The van der Waals surface area contributed by atoms with Crippen molar-refractivity contribution in [3.8, 4) is 0 Å². The number of aromatic nitrogens is 5. The van der Waals surface area contributed by atoms with E-state index in [4.69, 9.17) is 9.47 Å². The Morgan fingerprint density at radius 2 is 2.08 bits per heavy atom. The maximum atomic E-state index is 15.1. The second-order valence-electron chi connectivity index (χ2n) is 9.46. The van der Waals surface area contributed by atoms with Crippen molar-refractivity contribution >= 4 is 23.2 Å². The summed E-state index contributed by atoms with van der Waals surface area (Å²) in [7, 11) is 1.45.